The first-order chi connectivity index (χ1) is 9.95. The molecule has 2 rings (SSSR count). The van der Waals surface area contributed by atoms with Crippen LogP contribution in [-0.4, -0.2) is 45.3 Å². The van der Waals surface area contributed by atoms with Crippen LogP contribution in [0.2, 0.25) is 0 Å². The summed E-state index contributed by atoms with van der Waals surface area (Å²) in [7, 11) is 1.64. The molecule has 0 saturated heterocycles. The van der Waals surface area contributed by atoms with Gasteiger partial charge in [-0.1, -0.05) is 6.92 Å². The number of carboxylic acids is 1. The number of hydrogen-bond donors (Lipinski definition) is 1. The van der Waals surface area contributed by atoms with Crippen LogP contribution in [0.25, 0.3) is 0 Å². The summed E-state index contributed by atoms with van der Waals surface area (Å²) in [5, 5.41) is 13.1. The van der Waals surface area contributed by atoms with Crippen LogP contribution in [0.4, 0.5) is 0 Å². The van der Waals surface area contributed by atoms with Gasteiger partial charge < -0.3 is 10.0 Å². The van der Waals surface area contributed by atoms with E-state index in [1.807, 2.05) is 4.68 Å². The van der Waals surface area contributed by atoms with E-state index in [-0.39, 0.29) is 24.9 Å². The van der Waals surface area contributed by atoms with Gasteiger partial charge >= 0.3 is 5.97 Å². The lowest BCUT2D eigenvalue weighted by atomic mass is 10.1. The van der Waals surface area contributed by atoms with E-state index < -0.39 is 5.97 Å². The van der Waals surface area contributed by atoms with Crippen LogP contribution >= 0.6 is 0 Å². The van der Waals surface area contributed by atoms with E-state index in [0.29, 0.717) is 11.5 Å². The second kappa shape index (κ2) is 6.28. The zero-order valence-electron chi connectivity index (χ0n) is 12.9. The highest BCUT2D eigenvalue weighted by atomic mass is 16.4. The lowest BCUT2D eigenvalue weighted by Gasteiger charge is -2.18. The molecule has 116 valence electrons. The van der Waals surface area contributed by atoms with Crippen molar-refractivity contribution in [3.05, 3.63) is 17.5 Å². The molecule has 0 spiro atoms. The average molecular weight is 293 g/mol. The van der Waals surface area contributed by atoms with Gasteiger partial charge in [0.05, 0.1) is 23.9 Å². The van der Waals surface area contributed by atoms with Crippen LogP contribution in [0.3, 0.4) is 0 Å². The summed E-state index contributed by atoms with van der Waals surface area (Å²) < 4.78 is 1.97. The van der Waals surface area contributed by atoms with Crippen molar-refractivity contribution >= 4 is 11.9 Å². The van der Waals surface area contributed by atoms with Gasteiger partial charge in [0.2, 0.25) is 0 Å². The molecular weight excluding hydrogens is 270 g/mol. The Hall–Kier alpha value is -1.85. The molecular formula is C15H23N3O3. The second-order valence-electron chi connectivity index (χ2n) is 5.79. The molecule has 1 aromatic rings. The number of rotatable bonds is 7. The molecule has 1 aliphatic carbocycles. The summed E-state index contributed by atoms with van der Waals surface area (Å²) in [5.74, 6) is -0.603. The van der Waals surface area contributed by atoms with Gasteiger partial charge in [0.1, 0.15) is 0 Å². The Labute approximate surface area is 124 Å². The Balaban J connectivity index is 2.20. The minimum absolute atomic E-state index is 0.0412. The Morgan fingerprint density at radius 2 is 2.19 bits per heavy atom. The maximum absolute atomic E-state index is 12.5. The maximum Gasteiger partial charge on any atom is 0.305 e. The quantitative estimate of drug-likeness (QED) is 0.837. The standard InChI is InChI=1S/C15H23N3O3/c1-4-10(2)18-14(11-5-6-11)12(9-16-18)15(21)17(3)8-7-13(19)20/h9-11H,4-8H2,1-3H3,(H,19,20). The van der Waals surface area contributed by atoms with Crippen molar-refractivity contribution < 1.29 is 14.7 Å². The first-order valence-electron chi connectivity index (χ1n) is 7.50. The van der Waals surface area contributed by atoms with E-state index in [1.54, 1.807) is 13.2 Å². The molecule has 1 atom stereocenters. The van der Waals surface area contributed by atoms with E-state index in [9.17, 15) is 9.59 Å². The fraction of sp³-hybridized carbons (Fsp3) is 0.667. The molecule has 1 aliphatic rings. The van der Waals surface area contributed by atoms with E-state index >= 15 is 0 Å². The van der Waals surface area contributed by atoms with Gasteiger partial charge in [-0.25, -0.2) is 0 Å². The third-order valence-corrected chi connectivity index (χ3v) is 4.04. The van der Waals surface area contributed by atoms with E-state index in [1.165, 1.54) is 4.90 Å². The summed E-state index contributed by atoms with van der Waals surface area (Å²) in [6.07, 6.45) is 4.76. The van der Waals surface area contributed by atoms with Gasteiger partial charge in [0, 0.05) is 25.6 Å². The number of amides is 1. The van der Waals surface area contributed by atoms with E-state index in [2.05, 4.69) is 18.9 Å². The third kappa shape index (κ3) is 3.43. The normalized spacial score (nSPS) is 15.8. The van der Waals surface area contributed by atoms with Gasteiger partial charge in [-0.05, 0) is 26.2 Å². The molecule has 1 amide bonds. The molecule has 6 nitrogen and oxygen atoms in total. The summed E-state index contributed by atoms with van der Waals surface area (Å²) in [4.78, 5) is 24.6. The van der Waals surface area contributed by atoms with Crippen molar-refractivity contribution in [1.82, 2.24) is 14.7 Å². The lowest BCUT2D eigenvalue weighted by Crippen LogP contribution is -2.29. The van der Waals surface area contributed by atoms with Gasteiger partial charge in [-0.3, -0.25) is 14.3 Å². The Morgan fingerprint density at radius 1 is 1.52 bits per heavy atom. The molecule has 1 N–H and O–H groups in total. The molecule has 0 aromatic carbocycles. The lowest BCUT2D eigenvalue weighted by molar-refractivity contribution is -0.137. The van der Waals surface area contributed by atoms with Crippen LogP contribution in [0.5, 0.6) is 0 Å². The predicted octanol–water partition coefficient (Wildman–Crippen LogP) is 2.28. The minimum Gasteiger partial charge on any atom is -0.481 e. The van der Waals surface area contributed by atoms with Crippen LogP contribution in [-0.2, 0) is 4.79 Å². The molecule has 1 aromatic heterocycles. The number of nitrogens with zero attached hydrogens (tertiary/aromatic N) is 3. The molecule has 0 bridgehead atoms. The van der Waals surface area contributed by atoms with Crippen LogP contribution in [0.1, 0.15) is 67.5 Å². The van der Waals surface area contributed by atoms with Gasteiger partial charge in [0.15, 0.2) is 0 Å². The fourth-order valence-electron chi connectivity index (χ4n) is 2.39. The Bertz CT molecular complexity index is 534. The Kier molecular flexibility index (Phi) is 4.65. The third-order valence-electron chi connectivity index (χ3n) is 4.04. The zero-order valence-corrected chi connectivity index (χ0v) is 12.9. The maximum atomic E-state index is 12.5. The summed E-state index contributed by atoms with van der Waals surface area (Å²) in [6.45, 7) is 4.41. The summed E-state index contributed by atoms with van der Waals surface area (Å²) in [5.41, 5.74) is 1.65. The highest BCUT2D eigenvalue weighted by Gasteiger charge is 2.34. The van der Waals surface area contributed by atoms with Crippen molar-refractivity contribution in [1.29, 1.82) is 0 Å². The summed E-state index contributed by atoms with van der Waals surface area (Å²) in [6, 6.07) is 0.270. The largest absolute Gasteiger partial charge is 0.481 e. The number of hydrogen-bond acceptors (Lipinski definition) is 3. The Morgan fingerprint density at radius 3 is 2.71 bits per heavy atom. The highest BCUT2D eigenvalue weighted by Crippen LogP contribution is 2.42. The highest BCUT2D eigenvalue weighted by molar-refractivity contribution is 5.95. The number of carboxylic acid groups (broad SMARTS) is 1. The molecule has 1 fully saturated rings. The summed E-state index contributed by atoms with van der Waals surface area (Å²) >= 11 is 0. The number of carbonyl (C=O) groups excluding carboxylic acids is 1. The molecule has 21 heavy (non-hydrogen) atoms. The van der Waals surface area contributed by atoms with Gasteiger partial charge in [0.25, 0.3) is 5.91 Å². The molecule has 1 saturated carbocycles. The number of carbonyl (C=O) groups is 2. The van der Waals surface area contributed by atoms with Crippen molar-refractivity contribution in [2.45, 2.75) is 51.5 Å². The van der Waals surface area contributed by atoms with E-state index in [4.69, 9.17) is 5.11 Å². The topological polar surface area (TPSA) is 75.4 Å². The molecule has 1 unspecified atom stereocenters. The van der Waals surface area contributed by atoms with Gasteiger partial charge in [-0.15, -0.1) is 0 Å². The van der Waals surface area contributed by atoms with Crippen molar-refractivity contribution in [3.8, 4) is 0 Å². The number of aliphatic carboxylic acids is 1. The zero-order chi connectivity index (χ0) is 15.6. The first kappa shape index (κ1) is 15.5. The van der Waals surface area contributed by atoms with Crippen molar-refractivity contribution in [2.75, 3.05) is 13.6 Å². The van der Waals surface area contributed by atoms with Crippen LogP contribution in [0.15, 0.2) is 6.20 Å². The number of aromatic nitrogens is 2. The van der Waals surface area contributed by atoms with Crippen LogP contribution < -0.4 is 0 Å². The first-order valence-corrected chi connectivity index (χ1v) is 7.50. The van der Waals surface area contributed by atoms with Crippen molar-refractivity contribution in [3.63, 3.8) is 0 Å². The SMILES string of the molecule is CCC(C)n1ncc(C(=O)N(C)CCC(=O)O)c1C1CC1. The van der Waals surface area contributed by atoms with Gasteiger partial charge in [-0.2, -0.15) is 5.10 Å². The van der Waals surface area contributed by atoms with Crippen LogP contribution in [0, 0.1) is 0 Å². The van der Waals surface area contributed by atoms with E-state index in [0.717, 1.165) is 25.0 Å². The smallest absolute Gasteiger partial charge is 0.305 e. The monoisotopic (exact) mass is 293 g/mol. The fourth-order valence-corrected chi connectivity index (χ4v) is 2.39. The molecule has 1 heterocycles. The second-order valence-corrected chi connectivity index (χ2v) is 5.79. The molecule has 0 aliphatic heterocycles. The predicted molar refractivity (Wildman–Crippen MR) is 78.4 cm³/mol. The molecule has 6 heteroatoms. The minimum atomic E-state index is -0.896. The van der Waals surface area contributed by atoms with Crippen molar-refractivity contribution in [2.24, 2.45) is 0 Å². The molecule has 0 radical (unpaired) electrons. The average Bonchev–Trinajstić information content (AvgIpc) is 3.21.